The van der Waals surface area contributed by atoms with Gasteiger partial charge >= 0.3 is 0 Å². The Balaban J connectivity index is 2.10. The van der Waals surface area contributed by atoms with Crippen LogP contribution in [0.2, 0.25) is 0 Å². The van der Waals surface area contributed by atoms with Gasteiger partial charge in [-0.2, -0.15) is 0 Å². The molecule has 0 fully saturated rings. The molecule has 0 aliphatic carbocycles. The maximum absolute atomic E-state index is 11.8. The van der Waals surface area contributed by atoms with E-state index in [9.17, 15) is 4.79 Å². The van der Waals surface area contributed by atoms with Gasteiger partial charge in [0.2, 0.25) is 5.91 Å². The van der Waals surface area contributed by atoms with Gasteiger partial charge in [-0.1, -0.05) is 17.8 Å². The Bertz CT molecular complexity index is 626. The molecule has 0 radical (unpaired) electrons. The summed E-state index contributed by atoms with van der Waals surface area (Å²) in [6, 6.07) is 3.75. The molecular weight excluding hydrogens is 286 g/mol. The number of nitrogens with one attached hydrogen (secondary N) is 1. The third kappa shape index (κ3) is 3.69. The van der Waals surface area contributed by atoms with E-state index in [1.54, 1.807) is 18.5 Å². The quantitative estimate of drug-likeness (QED) is 0.649. The average Bonchev–Trinajstić information content (AvgIpc) is 2.86. The van der Waals surface area contributed by atoms with Crippen LogP contribution in [-0.4, -0.2) is 37.5 Å². The number of carbonyl (C=O) groups excluding carboxylic acids is 1. The molecule has 0 bridgehead atoms. The Hall–Kier alpha value is -2.15. The Labute approximate surface area is 127 Å². The molecule has 1 N–H and O–H groups in total. The topological polar surface area (TPSA) is 72.7 Å². The van der Waals surface area contributed by atoms with E-state index in [0.29, 0.717) is 11.7 Å². The van der Waals surface area contributed by atoms with Gasteiger partial charge in [0.1, 0.15) is 0 Å². The standard InChI is InChI=1S/C14H17N5OS/c1-4-7-16-13(20)10(2)21-14-18-17-12(19(14)3)11-5-8-15-9-6-11/h4-6,8-10H,1,7H2,2-3H3,(H,16,20)/t10-/m1/s1. The normalized spacial score (nSPS) is 11.9. The van der Waals surface area contributed by atoms with Gasteiger partial charge in [0, 0.05) is 31.5 Å². The molecule has 7 heteroatoms. The minimum Gasteiger partial charge on any atom is -0.352 e. The van der Waals surface area contributed by atoms with E-state index in [4.69, 9.17) is 0 Å². The highest BCUT2D eigenvalue weighted by Crippen LogP contribution is 2.25. The molecule has 2 rings (SSSR count). The monoisotopic (exact) mass is 303 g/mol. The zero-order chi connectivity index (χ0) is 15.2. The highest BCUT2D eigenvalue weighted by atomic mass is 32.2. The summed E-state index contributed by atoms with van der Waals surface area (Å²) in [4.78, 5) is 15.8. The number of aromatic nitrogens is 4. The predicted molar refractivity (Wildman–Crippen MR) is 82.8 cm³/mol. The van der Waals surface area contributed by atoms with Crippen molar-refractivity contribution < 1.29 is 4.79 Å². The molecule has 0 aliphatic rings. The minimum absolute atomic E-state index is 0.0478. The van der Waals surface area contributed by atoms with Gasteiger partial charge in [0.05, 0.1) is 5.25 Å². The maximum Gasteiger partial charge on any atom is 0.233 e. The first-order valence-electron chi connectivity index (χ1n) is 6.48. The van der Waals surface area contributed by atoms with Crippen molar-refractivity contribution in [1.29, 1.82) is 0 Å². The molecule has 0 aromatic carbocycles. The fraction of sp³-hybridized carbons (Fsp3) is 0.286. The smallest absolute Gasteiger partial charge is 0.233 e. The molecule has 110 valence electrons. The van der Waals surface area contributed by atoms with Crippen LogP contribution in [-0.2, 0) is 11.8 Å². The first-order valence-corrected chi connectivity index (χ1v) is 7.36. The lowest BCUT2D eigenvalue weighted by molar-refractivity contribution is -0.120. The van der Waals surface area contributed by atoms with Gasteiger partial charge in [0.25, 0.3) is 0 Å². The van der Waals surface area contributed by atoms with Crippen molar-refractivity contribution in [2.24, 2.45) is 7.05 Å². The predicted octanol–water partition coefficient (Wildman–Crippen LogP) is 1.66. The van der Waals surface area contributed by atoms with Crippen LogP contribution in [0.3, 0.4) is 0 Å². The molecule has 21 heavy (non-hydrogen) atoms. The minimum atomic E-state index is -0.252. The third-order valence-electron chi connectivity index (χ3n) is 2.85. The highest BCUT2D eigenvalue weighted by Gasteiger charge is 2.18. The molecule has 2 aromatic heterocycles. The van der Waals surface area contributed by atoms with E-state index in [0.717, 1.165) is 11.4 Å². The second kappa shape index (κ2) is 7.03. The van der Waals surface area contributed by atoms with Gasteiger partial charge in [-0.3, -0.25) is 9.78 Å². The number of nitrogens with zero attached hydrogens (tertiary/aromatic N) is 4. The molecular formula is C14H17N5OS. The summed E-state index contributed by atoms with van der Waals surface area (Å²) < 4.78 is 1.87. The van der Waals surface area contributed by atoms with Gasteiger partial charge in [-0.05, 0) is 19.1 Å². The maximum atomic E-state index is 11.8. The van der Waals surface area contributed by atoms with Crippen molar-refractivity contribution in [3.8, 4) is 11.4 Å². The van der Waals surface area contributed by atoms with Crippen LogP contribution >= 0.6 is 11.8 Å². The molecule has 0 unspecified atom stereocenters. The summed E-state index contributed by atoms with van der Waals surface area (Å²) in [6.07, 6.45) is 5.07. The van der Waals surface area contributed by atoms with Crippen LogP contribution in [0.5, 0.6) is 0 Å². The molecule has 1 atom stereocenters. The third-order valence-corrected chi connectivity index (χ3v) is 3.98. The van der Waals surface area contributed by atoms with Crippen molar-refractivity contribution in [3.63, 3.8) is 0 Å². The van der Waals surface area contributed by atoms with E-state index in [1.165, 1.54) is 11.8 Å². The number of hydrogen-bond acceptors (Lipinski definition) is 5. The average molecular weight is 303 g/mol. The van der Waals surface area contributed by atoms with Gasteiger partial charge in [0.15, 0.2) is 11.0 Å². The number of rotatable bonds is 6. The number of pyridine rings is 1. The fourth-order valence-electron chi connectivity index (χ4n) is 1.70. The fourth-order valence-corrected chi connectivity index (χ4v) is 2.54. The first-order chi connectivity index (χ1) is 10.1. The highest BCUT2D eigenvalue weighted by molar-refractivity contribution is 8.00. The summed E-state index contributed by atoms with van der Waals surface area (Å²) in [5, 5.41) is 11.5. The van der Waals surface area contributed by atoms with Gasteiger partial charge in [-0.25, -0.2) is 0 Å². The van der Waals surface area contributed by atoms with E-state index >= 15 is 0 Å². The zero-order valence-electron chi connectivity index (χ0n) is 12.0. The van der Waals surface area contributed by atoms with Crippen molar-refractivity contribution in [3.05, 3.63) is 37.2 Å². The molecule has 0 aliphatic heterocycles. The molecule has 2 aromatic rings. The van der Waals surface area contributed by atoms with Crippen molar-refractivity contribution in [1.82, 2.24) is 25.1 Å². The molecule has 0 saturated heterocycles. The summed E-state index contributed by atoms with van der Waals surface area (Å²) in [5.74, 6) is 0.701. The second-order valence-electron chi connectivity index (χ2n) is 4.39. The van der Waals surface area contributed by atoms with Crippen LogP contribution in [0, 0.1) is 0 Å². The van der Waals surface area contributed by atoms with Crippen LogP contribution in [0.15, 0.2) is 42.3 Å². The van der Waals surface area contributed by atoms with Gasteiger partial charge < -0.3 is 9.88 Å². The van der Waals surface area contributed by atoms with Gasteiger partial charge in [-0.15, -0.1) is 16.8 Å². The van der Waals surface area contributed by atoms with Crippen LogP contribution < -0.4 is 5.32 Å². The van der Waals surface area contributed by atoms with Crippen molar-refractivity contribution in [2.75, 3.05) is 6.54 Å². The van der Waals surface area contributed by atoms with Crippen molar-refractivity contribution >= 4 is 17.7 Å². The lowest BCUT2D eigenvalue weighted by atomic mass is 10.2. The summed E-state index contributed by atoms with van der Waals surface area (Å²) in [7, 11) is 1.88. The Kier molecular flexibility index (Phi) is 5.10. The SMILES string of the molecule is C=CCNC(=O)[C@@H](C)Sc1nnc(-c2ccncc2)n1C. The molecule has 2 heterocycles. The Morgan fingerprint density at radius 3 is 2.86 bits per heavy atom. The van der Waals surface area contributed by atoms with Crippen LogP contribution in [0.1, 0.15) is 6.92 Å². The van der Waals surface area contributed by atoms with E-state index in [-0.39, 0.29) is 11.2 Å². The Morgan fingerprint density at radius 1 is 1.48 bits per heavy atom. The lowest BCUT2D eigenvalue weighted by Gasteiger charge is -2.10. The number of carbonyl (C=O) groups is 1. The van der Waals surface area contributed by atoms with E-state index in [1.807, 2.05) is 30.7 Å². The zero-order valence-corrected chi connectivity index (χ0v) is 12.8. The number of thioether (sulfide) groups is 1. The largest absolute Gasteiger partial charge is 0.352 e. The lowest BCUT2D eigenvalue weighted by Crippen LogP contribution is -2.31. The molecule has 6 nitrogen and oxygen atoms in total. The Morgan fingerprint density at radius 2 is 2.19 bits per heavy atom. The summed E-state index contributed by atoms with van der Waals surface area (Å²) in [6.45, 7) is 5.87. The molecule has 0 spiro atoms. The molecule has 1 amide bonds. The van der Waals surface area contributed by atoms with Crippen LogP contribution in [0.4, 0.5) is 0 Å². The number of hydrogen-bond donors (Lipinski definition) is 1. The van der Waals surface area contributed by atoms with Crippen molar-refractivity contribution in [2.45, 2.75) is 17.3 Å². The first kappa shape index (κ1) is 15.2. The van der Waals surface area contributed by atoms with Crippen LogP contribution in [0.25, 0.3) is 11.4 Å². The summed E-state index contributed by atoms with van der Waals surface area (Å²) in [5.41, 5.74) is 0.940. The molecule has 0 saturated carbocycles. The second-order valence-corrected chi connectivity index (χ2v) is 5.70. The number of amides is 1. The van der Waals surface area contributed by atoms with E-state index in [2.05, 4.69) is 27.1 Å². The van der Waals surface area contributed by atoms with E-state index < -0.39 is 0 Å². The summed E-state index contributed by atoms with van der Waals surface area (Å²) >= 11 is 1.37.